The second kappa shape index (κ2) is 6.99. The summed E-state index contributed by atoms with van der Waals surface area (Å²) in [6.07, 6.45) is 2.00. The van der Waals surface area contributed by atoms with Crippen molar-refractivity contribution in [2.75, 3.05) is 45.9 Å². The molecule has 1 N–H and O–H groups in total. The number of fused-ring (bicyclic) bond motifs is 1. The van der Waals surface area contributed by atoms with Gasteiger partial charge in [0.2, 0.25) is 0 Å². The van der Waals surface area contributed by atoms with E-state index in [0.717, 1.165) is 74.8 Å². The zero-order valence-electron chi connectivity index (χ0n) is 12.6. The molecule has 116 valence electrons. The normalized spacial score (nSPS) is 19.3. The fourth-order valence-corrected chi connectivity index (χ4v) is 3.51. The van der Waals surface area contributed by atoms with Crippen LogP contribution in [0.1, 0.15) is 17.5 Å². The molecular weight excluding hydrogens is 332 g/mol. The molecule has 1 saturated heterocycles. The van der Waals surface area contributed by atoms with Crippen LogP contribution in [-0.2, 0) is 6.42 Å². The average molecular weight is 355 g/mol. The second-order valence-electron chi connectivity index (χ2n) is 5.69. The van der Waals surface area contributed by atoms with E-state index in [1.807, 2.05) is 0 Å². The predicted octanol–water partition coefficient (Wildman–Crippen LogP) is 2.37. The predicted molar refractivity (Wildman–Crippen MR) is 87.5 cm³/mol. The molecule has 2 aliphatic rings. The van der Waals surface area contributed by atoms with Crippen LogP contribution >= 0.6 is 15.9 Å². The highest BCUT2D eigenvalue weighted by molar-refractivity contribution is 9.10. The molecule has 21 heavy (non-hydrogen) atoms. The summed E-state index contributed by atoms with van der Waals surface area (Å²) in [7, 11) is 0. The second-order valence-corrected chi connectivity index (χ2v) is 6.55. The third-order valence-corrected chi connectivity index (χ3v) is 4.82. The van der Waals surface area contributed by atoms with E-state index in [1.54, 1.807) is 0 Å². The summed E-state index contributed by atoms with van der Waals surface area (Å²) in [5.74, 6) is 1.80. The van der Waals surface area contributed by atoms with E-state index < -0.39 is 0 Å². The van der Waals surface area contributed by atoms with Crippen LogP contribution in [0.15, 0.2) is 10.5 Å². The number of ether oxygens (including phenoxy) is 2. The van der Waals surface area contributed by atoms with Crippen LogP contribution in [-0.4, -0.2) is 50.8 Å². The van der Waals surface area contributed by atoms with E-state index in [2.05, 4.69) is 39.1 Å². The van der Waals surface area contributed by atoms with E-state index >= 15 is 0 Å². The zero-order valence-corrected chi connectivity index (χ0v) is 14.2. The van der Waals surface area contributed by atoms with Crippen molar-refractivity contribution in [3.05, 3.63) is 21.7 Å². The summed E-state index contributed by atoms with van der Waals surface area (Å²) in [6, 6.07) is 2.20. The van der Waals surface area contributed by atoms with Gasteiger partial charge < -0.3 is 19.7 Å². The van der Waals surface area contributed by atoms with Crippen LogP contribution in [0.4, 0.5) is 0 Å². The molecule has 1 fully saturated rings. The van der Waals surface area contributed by atoms with Crippen molar-refractivity contribution in [1.29, 1.82) is 0 Å². The van der Waals surface area contributed by atoms with Gasteiger partial charge in [0, 0.05) is 39.1 Å². The Balaban J connectivity index is 1.75. The lowest BCUT2D eigenvalue weighted by atomic mass is 10.0. The van der Waals surface area contributed by atoms with Crippen molar-refractivity contribution in [3.8, 4) is 11.5 Å². The minimum absolute atomic E-state index is 0.727. The van der Waals surface area contributed by atoms with Crippen LogP contribution in [0, 0.1) is 6.92 Å². The molecule has 2 heterocycles. The maximum absolute atomic E-state index is 5.91. The highest BCUT2D eigenvalue weighted by atomic mass is 79.9. The van der Waals surface area contributed by atoms with Crippen molar-refractivity contribution in [2.45, 2.75) is 19.8 Å². The fraction of sp³-hybridized carbons (Fsp3) is 0.625. The van der Waals surface area contributed by atoms with Crippen molar-refractivity contribution in [3.63, 3.8) is 0 Å². The molecule has 0 bridgehead atoms. The van der Waals surface area contributed by atoms with Crippen LogP contribution in [0.3, 0.4) is 0 Å². The first-order valence-electron chi connectivity index (χ1n) is 7.76. The van der Waals surface area contributed by atoms with Crippen molar-refractivity contribution < 1.29 is 9.47 Å². The van der Waals surface area contributed by atoms with E-state index in [4.69, 9.17) is 9.47 Å². The quantitative estimate of drug-likeness (QED) is 0.903. The smallest absolute Gasteiger partial charge is 0.175 e. The Morgan fingerprint density at radius 3 is 2.67 bits per heavy atom. The minimum atomic E-state index is 0.727. The monoisotopic (exact) mass is 354 g/mol. The zero-order chi connectivity index (χ0) is 14.7. The Morgan fingerprint density at radius 2 is 1.90 bits per heavy atom. The number of halogens is 1. The van der Waals surface area contributed by atoms with Gasteiger partial charge in [0.1, 0.15) is 0 Å². The molecule has 0 atom stereocenters. The van der Waals surface area contributed by atoms with Crippen LogP contribution in [0.2, 0.25) is 0 Å². The minimum Gasteiger partial charge on any atom is -0.489 e. The third kappa shape index (κ3) is 3.52. The molecule has 4 nitrogen and oxygen atoms in total. The Morgan fingerprint density at radius 1 is 1.19 bits per heavy atom. The highest BCUT2D eigenvalue weighted by Crippen LogP contribution is 2.41. The highest BCUT2D eigenvalue weighted by Gasteiger charge is 2.20. The van der Waals surface area contributed by atoms with Gasteiger partial charge in [-0.05, 0) is 46.5 Å². The molecule has 0 unspecified atom stereocenters. The topological polar surface area (TPSA) is 33.7 Å². The van der Waals surface area contributed by atoms with E-state index in [-0.39, 0.29) is 0 Å². The van der Waals surface area contributed by atoms with Gasteiger partial charge in [-0.25, -0.2) is 0 Å². The molecule has 0 radical (unpaired) electrons. The number of hydrogen-bond donors (Lipinski definition) is 1. The van der Waals surface area contributed by atoms with Gasteiger partial charge in [-0.2, -0.15) is 0 Å². The fourth-order valence-electron chi connectivity index (χ4n) is 2.94. The van der Waals surface area contributed by atoms with Gasteiger partial charge in [0.25, 0.3) is 0 Å². The first-order valence-corrected chi connectivity index (χ1v) is 8.55. The maximum atomic E-state index is 5.91. The van der Waals surface area contributed by atoms with Crippen molar-refractivity contribution in [1.82, 2.24) is 10.2 Å². The van der Waals surface area contributed by atoms with Gasteiger partial charge >= 0.3 is 0 Å². The van der Waals surface area contributed by atoms with Gasteiger partial charge in [-0.1, -0.05) is 0 Å². The van der Waals surface area contributed by atoms with Crippen LogP contribution < -0.4 is 14.8 Å². The molecule has 0 aromatic heterocycles. The Bertz CT molecular complexity index is 502. The van der Waals surface area contributed by atoms with Crippen molar-refractivity contribution in [2.24, 2.45) is 0 Å². The summed E-state index contributed by atoms with van der Waals surface area (Å²) in [5, 5.41) is 3.40. The molecule has 5 heteroatoms. The molecule has 1 aromatic carbocycles. The molecular formula is C16H23BrN2O2. The summed E-state index contributed by atoms with van der Waals surface area (Å²) in [6.45, 7) is 9.21. The van der Waals surface area contributed by atoms with Gasteiger partial charge in [0.15, 0.2) is 11.5 Å². The maximum Gasteiger partial charge on any atom is 0.175 e. The average Bonchev–Trinajstić information content (AvgIpc) is 2.77. The van der Waals surface area contributed by atoms with Gasteiger partial charge in [-0.15, -0.1) is 0 Å². The Kier molecular flexibility index (Phi) is 5.03. The summed E-state index contributed by atoms with van der Waals surface area (Å²) in [5.41, 5.74) is 2.58. The lowest BCUT2D eigenvalue weighted by Crippen LogP contribution is -2.44. The summed E-state index contributed by atoms with van der Waals surface area (Å²) < 4.78 is 12.7. The molecule has 0 aliphatic carbocycles. The number of benzene rings is 1. The third-order valence-electron chi connectivity index (χ3n) is 4.23. The van der Waals surface area contributed by atoms with Gasteiger partial charge in [-0.3, -0.25) is 0 Å². The summed E-state index contributed by atoms with van der Waals surface area (Å²) in [4.78, 5) is 2.52. The molecule has 3 rings (SSSR count). The number of nitrogens with one attached hydrogen (secondary N) is 1. The summed E-state index contributed by atoms with van der Waals surface area (Å²) >= 11 is 3.64. The molecule has 0 saturated carbocycles. The molecule has 2 aliphatic heterocycles. The largest absolute Gasteiger partial charge is 0.489 e. The van der Waals surface area contributed by atoms with E-state index in [0.29, 0.717) is 0 Å². The number of piperazine rings is 1. The number of nitrogens with zero attached hydrogens (tertiary/aromatic N) is 1. The number of rotatable bonds is 3. The molecule has 0 amide bonds. The van der Waals surface area contributed by atoms with Crippen LogP contribution in [0.5, 0.6) is 11.5 Å². The van der Waals surface area contributed by atoms with Crippen LogP contribution in [0.25, 0.3) is 0 Å². The molecule has 0 spiro atoms. The Labute approximate surface area is 134 Å². The van der Waals surface area contributed by atoms with E-state index in [9.17, 15) is 0 Å². The van der Waals surface area contributed by atoms with Gasteiger partial charge in [0.05, 0.1) is 17.7 Å². The lowest BCUT2D eigenvalue weighted by Gasteiger charge is -2.27. The Hall–Kier alpha value is -0.780. The SMILES string of the molecule is Cc1c(CCN2CCNCC2)cc(Br)c2c1OCCCO2. The number of hydrogen-bond acceptors (Lipinski definition) is 4. The van der Waals surface area contributed by atoms with Crippen molar-refractivity contribution >= 4 is 15.9 Å². The lowest BCUT2D eigenvalue weighted by molar-refractivity contribution is 0.243. The van der Waals surface area contributed by atoms with E-state index in [1.165, 1.54) is 11.1 Å². The first kappa shape index (κ1) is 15.1. The first-order chi connectivity index (χ1) is 10.3. The molecule has 1 aromatic rings. The standard InChI is InChI=1S/C16H23BrN2O2/c1-12-13(3-6-19-7-4-18-5-8-19)11-14(17)16-15(12)20-9-2-10-21-16/h11,18H,2-10H2,1H3.